The van der Waals surface area contributed by atoms with Crippen LogP contribution in [-0.4, -0.2) is 0 Å². The highest BCUT2D eigenvalue weighted by molar-refractivity contribution is 6.03. The van der Waals surface area contributed by atoms with Crippen LogP contribution >= 0.6 is 0 Å². The van der Waals surface area contributed by atoms with E-state index in [1.807, 2.05) is 0 Å². The molecule has 0 saturated carbocycles. The minimum Gasteiger partial charge on any atom is -0.310 e. The largest absolute Gasteiger partial charge is 0.310 e. The lowest BCUT2D eigenvalue weighted by Gasteiger charge is -2.33. The highest BCUT2D eigenvalue weighted by atomic mass is 15.1. The predicted octanol–water partition coefficient (Wildman–Crippen LogP) is 15.4. The number of fused-ring (bicyclic) bond motifs is 12. The van der Waals surface area contributed by atoms with E-state index in [2.05, 4.69) is 230 Å². The van der Waals surface area contributed by atoms with Gasteiger partial charge in [-0.1, -0.05) is 182 Å². The van der Waals surface area contributed by atoms with Crippen LogP contribution in [0.1, 0.15) is 27.8 Å². The van der Waals surface area contributed by atoms with Gasteiger partial charge in [0.25, 0.3) is 0 Å². The summed E-state index contributed by atoms with van der Waals surface area (Å²) in [5.74, 6) is 0. The van der Waals surface area contributed by atoms with E-state index in [-0.39, 0.29) is 0 Å². The fraction of sp³-hybridized carbons (Fsp3) is 0.0345. The fourth-order valence-electron chi connectivity index (χ4n) is 10.4. The van der Waals surface area contributed by atoms with Crippen molar-refractivity contribution in [3.05, 3.63) is 246 Å². The van der Waals surface area contributed by atoms with E-state index in [0.29, 0.717) is 0 Å². The van der Waals surface area contributed by atoms with Gasteiger partial charge in [-0.2, -0.15) is 0 Å². The van der Waals surface area contributed by atoms with E-state index >= 15 is 0 Å². The van der Waals surface area contributed by atoms with Crippen LogP contribution in [0.5, 0.6) is 0 Å². The van der Waals surface area contributed by atoms with Gasteiger partial charge >= 0.3 is 0 Å². The Bertz CT molecular complexity index is 3250. The molecule has 0 saturated heterocycles. The van der Waals surface area contributed by atoms with Gasteiger partial charge in [-0.15, -0.1) is 0 Å². The van der Waals surface area contributed by atoms with Gasteiger partial charge in [-0.3, -0.25) is 0 Å². The lowest BCUT2D eigenvalue weighted by Crippen LogP contribution is -2.26. The maximum atomic E-state index is 2.51. The Kier molecular flexibility index (Phi) is 7.43. The maximum Gasteiger partial charge on any atom is 0.0726 e. The van der Waals surface area contributed by atoms with Crippen LogP contribution in [0.4, 0.5) is 17.1 Å². The first-order valence-corrected chi connectivity index (χ1v) is 20.6. The van der Waals surface area contributed by atoms with Gasteiger partial charge in [0.2, 0.25) is 0 Å². The summed E-state index contributed by atoms with van der Waals surface area (Å²) in [5.41, 5.74) is 19.6. The van der Waals surface area contributed by atoms with Crippen molar-refractivity contribution in [3.63, 3.8) is 0 Å². The van der Waals surface area contributed by atoms with Crippen molar-refractivity contribution in [2.24, 2.45) is 0 Å². The van der Waals surface area contributed by atoms with E-state index < -0.39 is 5.41 Å². The highest BCUT2D eigenvalue weighted by Gasteiger charge is 2.52. The molecule has 12 rings (SSSR count). The smallest absolute Gasteiger partial charge is 0.0726 e. The van der Waals surface area contributed by atoms with Crippen LogP contribution in [0.2, 0.25) is 0 Å². The van der Waals surface area contributed by atoms with Gasteiger partial charge < -0.3 is 4.90 Å². The van der Waals surface area contributed by atoms with Crippen molar-refractivity contribution >= 4 is 38.6 Å². The summed E-state index contributed by atoms with van der Waals surface area (Å²) in [7, 11) is 0. The lowest BCUT2D eigenvalue weighted by atomic mass is 9.70. The van der Waals surface area contributed by atoms with Crippen LogP contribution in [-0.2, 0) is 5.41 Å². The molecule has 0 aliphatic heterocycles. The van der Waals surface area contributed by atoms with Crippen LogP contribution in [0.25, 0.3) is 66.1 Å². The summed E-state index contributed by atoms with van der Waals surface area (Å²) in [6.07, 6.45) is 0. The van der Waals surface area contributed by atoms with Crippen molar-refractivity contribution in [1.82, 2.24) is 0 Å². The fourth-order valence-corrected chi connectivity index (χ4v) is 10.4. The first-order chi connectivity index (χ1) is 29.2. The summed E-state index contributed by atoms with van der Waals surface area (Å²) in [4.78, 5) is 2.47. The van der Waals surface area contributed by atoms with Crippen molar-refractivity contribution in [3.8, 4) is 44.5 Å². The molecule has 0 N–H and O–H groups in total. The minimum atomic E-state index is -0.513. The zero-order valence-corrected chi connectivity index (χ0v) is 32.7. The summed E-state index contributed by atoms with van der Waals surface area (Å²) < 4.78 is 0. The number of benzene rings is 10. The van der Waals surface area contributed by atoms with Crippen molar-refractivity contribution < 1.29 is 0 Å². The molecule has 2 aliphatic rings. The number of rotatable bonds is 5. The zero-order chi connectivity index (χ0) is 39.1. The third kappa shape index (κ3) is 4.92. The minimum absolute atomic E-state index is 0.513. The summed E-state index contributed by atoms with van der Waals surface area (Å²) >= 11 is 0. The van der Waals surface area contributed by atoms with Crippen LogP contribution in [0, 0.1) is 6.92 Å². The molecule has 0 fully saturated rings. The van der Waals surface area contributed by atoms with E-state index in [1.54, 1.807) is 0 Å². The second kappa shape index (κ2) is 13.0. The molecule has 0 radical (unpaired) electrons. The zero-order valence-electron chi connectivity index (χ0n) is 32.7. The Morgan fingerprint density at radius 3 is 1.68 bits per heavy atom. The molecule has 1 nitrogen and oxygen atoms in total. The molecular weight excluding hydrogens is 711 g/mol. The molecule has 0 aromatic heterocycles. The van der Waals surface area contributed by atoms with Crippen LogP contribution in [0.3, 0.4) is 0 Å². The number of aryl methyl sites for hydroxylation is 1. The molecule has 10 aromatic carbocycles. The van der Waals surface area contributed by atoms with E-state index in [4.69, 9.17) is 0 Å². The number of hydrogen-bond donors (Lipinski definition) is 0. The van der Waals surface area contributed by atoms with E-state index in [0.717, 1.165) is 17.1 Å². The normalized spacial score (nSPS) is 13.0. The molecule has 2 aliphatic carbocycles. The maximum absolute atomic E-state index is 2.51. The third-order valence-electron chi connectivity index (χ3n) is 13.0. The van der Waals surface area contributed by atoms with Gasteiger partial charge in [0.05, 0.1) is 11.1 Å². The van der Waals surface area contributed by atoms with Crippen molar-refractivity contribution in [2.45, 2.75) is 12.3 Å². The second-order valence-corrected chi connectivity index (χ2v) is 16.1. The standard InChI is InChI=1S/C58H39N/c1-38-29-32-46(48-23-8-7-21-45(38)48)42-30-33-51-52-34-31-44(37-56(52)58(55(51)36-42)53-26-11-9-24-49(53)50-25-10-12-27-54(50)58)59(57-28-14-18-40-17-5-6-22-47(40)57)43-20-13-19-41(35-43)39-15-3-2-4-16-39/h2-37H,1H3. The molecule has 0 unspecified atom stereocenters. The van der Waals surface area contributed by atoms with Gasteiger partial charge in [0.15, 0.2) is 0 Å². The molecule has 10 aromatic rings. The SMILES string of the molecule is Cc1ccc(-c2ccc3c(c2)C2(c4ccccc4-c4ccccc42)c2cc(N(c4cccc(-c5ccccc5)c4)c4cccc5ccccc45)ccc2-3)c2ccccc12. The Hall–Kier alpha value is -7.48. The highest BCUT2D eigenvalue weighted by Crippen LogP contribution is 2.64. The average Bonchev–Trinajstić information content (AvgIpc) is 3.76. The Morgan fingerprint density at radius 2 is 0.881 bits per heavy atom. The molecule has 1 heteroatoms. The molecule has 0 heterocycles. The Labute approximate surface area is 345 Å². The van der Waals surface area contributed by atoms with E-state index in [9.17, 15) is 0 Å². The topological polar surface area (TPSA) is 3.24 Å². The van der Waals surface area contributed by atoms with Crippen molar-refractivity contribution in [1.29, 1.82) is 0 Å². The summed E-state index contributed by atoms with van der Waals surface area (Å²) in [6, 6.07) is 81.3. The Morgan fingerprint density at radius 1 is 0.322 bits per heavy atom. The first kappa shape index (κ1) is 33.6. The van der Waals surface area contributed by atoms with Gasteiger partial charge in [0, 0.05) is 16.8 Å². The van der Waals surface area contributed by atoms with Gasteiger partial charge in [-0.25, -0.2) is 0 Å². The lowest BCUT2D eigenvalue weighted by molar-refractivity contribution is 0.794. The number of anilines is 3. The average molecular weight is 750 g/mol. The monoisotopic (exact) mass is 749 g/mol. The summed E-state index contributed by atoms with van der Waals surface area (Å²) in [5, 5.41) is 5.02. The Balaban J connectivity index is 1.14. The number of nitrogens with zero attached hydrogens (tertiary/aromatic N) is 1. The molecule has 1 spiro atoms. The quantitative estimate of drug-likeness (QED) is 0.169. The first-order valence-electron chi connectivity index (χ1n) is 20.6. The van der Waals surface area contributed by atoms with Gasteiger partial charge in [-0.05, 0) is 132 Å². The molecule has 59 heavy (non-hydrogen) atoms. The van der Waals surface area contributed by atoms with Crippen LogP contribution in [0.15, 0.2) is 218 Å². The molecular formula is C58H39N. The summed E-state index contributed by atoms with van der Waals surface area (Å²) in [6.45, 7) is 2.21. The van der Waals surface area contributed by atoms with E-state index in [1.165, 1.54) is 93.9 Å². The molecule has 276 valence electrons. The second-order valence-electron chi connectivity index (χ2n) is 16.1. The van der Waals surface area contributed by atoms with Crippen LogP contribution < -0.4 is 4.90 Å². The van der Waals surface area contributed by atoms with Crippen molar-refractivity contribution in [2.75, 3.05) is 4.90 Å². The van der Waals surface area contributed by atoms with Gasteiger partial charge in [0.1, 0.15) is 0 Å². The predicted molar refractivity (Wildman–Crippen MR) is 248 cm³/mol. The molecule has 0 bridgehead atoms. The molecule has 0 atom stereocenters. The molecule has 0 amide bonds. The third-order valence-corrected chi connectivity index (χ3v) is 13.0. The number of hydrogen-bond acceptors (Lipinski definition) is 1.